The van der Waals surface area contributed by atoms with Crippen molar-refractivity contribution in [3.05, 3.63) is 24.0 Å². The third kappa shape index (κ3) is 4.45. The lowest BCUT2D eigenvalue weighted by Gasteiger charge is -2.05. The van der Waals surface area contributed by atoms with Gasteiger partial charge in [-0.3, -0.25) is 4.98 Å². The van der Waals surface area contributed by atoms with E-state index >= 15 is 0 Å². The van der Waals surface area contributed by atoms with Crippen molar-refractivity contribution in [2.45, 2.75) is 24.7 Å². The van der Waals surface area contributed by atoms with Gasteiger partial charge in [-0.05, 0) is 12.5 Å². The molecule has 0 fully saturated rings. The number of nitrogens with one attached hydrogen (secondary N) is 1. The maximum atomic E-state index is 11.9. The summed E-state index contributed by atoms with van der Waals surface area (Å²) in [5.74, 6) is 5.07. The lowest BCUT2D eigenvalue weighted by atomic mass is 10.3. The standard InChI is InChI=1S/C12H16N2O3S/c1-2-3-6-14-18(16,17)12-8-11(5-4-7-15)9-13-10-12/h8-10,14-15H,2-3,6-7H2,1H3. The summed E-state index contributed by atoms with van der Waals surface area (Å²) in [4.78, 5) is 3.92. The highest BCUT2D eigenvalue weighted by atomic mass is 32.2. The van der Waals surface area contributed by atoms with Gasteiger partial charge in [-0.1, -0.05) is 25.2 Å². The Bertz CT molecular complexity index is 544. The van der Waals surface area contributed by atoms with Crippen LogP contribution in [0.3, 0.4) is 0 Å². The van der Waals surface area contributed by atoms with E-state index in [9.17, 15) is 8.42 Å². The van der Waals surface area contributed by atoms with E-state index in [4.69, 9.17) is 5.11 Å². The fourth-order valence-corrected chi connectivity index (χ4v) is 2.30. The third-order valence-corrected chi connectivity index (χ3v) is 3.59. The summed E-state index contributed by atoms with van der Waals surface area (Å²) >= 11 is 0. The summed E-state index contributed by atoms with van der Waals surface area (Å²) in [6.07, 6.45) is 4.44. The minimum Gasteiger partial charge on any atom is -0.384 e. The Morgan fingerprint density at radius 3 is 2.89 bits per heavy atom. The number of unbranched alkanes of at least 4 members (excludes halogenated alkanes) is 1. The van der Waals surface area contributed by atoms with Crippen LogP contribution < -0.4 is 4.72 Å². The summed E-state index contributed by atoms with van der Waals surface area (Å²) in [5.41, 5.74) is 0.461. The van der Waals surface area contributed by atoms with Gasteiger partial charge in [0.15, 0.2) is 0 Å². The second-order valence-corrected chi connectivity index (χ2v) is 5.39. The van der Waals surface area contributed by atoms with Crippen molar-refractivity contribution in [2.24, 2.45) is 0 Å². The molecule has 0 spiro atoms. The fourth-order valence-electron chi connectivity index (χ4n) is 1.24. The number of aliphatic hydroxyl groups is 1. The van der Waals surface area contributed by atoms with Crippen LogP contribution in [-0.2, 0) is 10.0 Å². The van der Waals surface area contributed by atoms with Gasteiger partial charge in [0, 0.05) is 24.5 Å². The predicted octanol–water partition coefficient (Wildman–Crippen LogP) is 0.504. The first-order chi connectivity index (χ1) is 8.60. The third-order valence-electron chi connectivity index (χ3n) is 2.16. The van der Waals surface area contributed by atoms with E-state index in [2.05, 4.69) is 21.5 Å². The first kappa shape index (κ1) is 14.6. The molecule has 98 valence electrons. The maximum absolute atomic E-state index is 11.9. The smallest absolute Gasteiger partial charge is 0.242 e. The molecule has 0 radical (unpaired) electrons. The van der Waals surface area contributed by atoms with E-state index in [0.29, 0.717) is 12.1 Å². The van der Waals surface area contributed by atoms with Crippen LogP contribution >= 0.6 is 0 Å². The molecule has 5 nitrogen and oxygen atoms in total. The van der Waals surface area contributed by atoms with Crippen molar-refractivity contribution in [3.8, 4) is 11.8 Å². The van der Waals surface area contributed by atoms with Crippen LogP contribution in [0.25, 0.3) is 0 Å². The van der Waals surface area contributed by atoms with Gasteiger partial charge in [-0.25, -0.2) is 13.1 Å². The Balaban J connectivity index is 2.88. The van der Waals surface area contributed by atoms with Crippen molar-refractivity contribution in [1.82, 2.24) is 9.71 Å². The van der Waals surface area contributed by atoms with E-state index in [1.54, 1.807) is 0 Å². The molecule has 6 heteroatoms. The number of sulfonamides is 1. The monoisotopic (exact) mass is 268 g/mol. The van der Waals surface area contributed by atoms with Crippen molar-refractivity contribution in [1.29, 1.82) is 0 Å². The van der Waals surface area contributed by atoms with Gasteiger partial charge < -0.3 is 5.11 Å². The number of hydrogen-bond acceptors (Lipinski definition) is 4. The average Bonchev–Trinajstić information content (AvgIpc) is 2.37. The molecule has 1 aromatic heterocycles. The molecule has 2 N–H and O–H groups in total. The van der Waals surface area contributed by atoms with Gasteiger partial charge in [0.25, 0.3) is 0 Å². The summed E-state index contributed by atoms with van der Waals surface area (Å²) in [5, 5.41) is 8.58. The number of aliphatic hydroxyl groups excluding tert-OH is 1. The Hall–Kier alpha value is -1.42. The predicted molar refractivity (Wildman–Crippen MR) is 68.3 cm³/mol. The molecule has 0 amide bonds. The fraction of sp³-hybridized carbons (Fsp3) is 0.417. The quantitative estimate of drug-likeness (QED) is 0.602. The number of nitrogens with zero attached hydrogens (tertiary/aromatic N) is 1. The minimum atomic E-state index is -3.52. The SMILES string of the molecule is CCCCNS(=O)(=O)c1cncc(C#CCO)c1. The summed E-state index contributed by atoms with van der Waals surface area (Å²) in [7, 11) is -3.52. The molecule has 18 heavy (non-hydrogen) atoms. The second-order valence-electron chi connectivity index (χ2n) is 3.62. The normalized spacial score (nSPS) is 10.8. The number of pyridine rings is 1. The van der Waals surface area contributed by atoms with Crippen molar-refractivity contribution in [2.75, 3.05) is 13.2 Å². The summed E-state index contributed by atoms with van der Waals surface area (Å²) < 4.78 is 26.3. The number of rotatable bonds is 5. The van der Waals surface area contributed by atoms with Gasteiger partial charge in [0.2, 0.25) is 10.0 Å². The largest absolute Gasteiger partial charge is 0.384 e. The molecule has 0 saturated carbocycles. The highest BCUT2D eigenvalue weighted by molar-refractivity contribution is 7.89. The van der Waals surface area contributed by atoms with Crippen LogP contribution in [0.4, 0.5) is 0 Å². The van der Waals surface area contributed by atoms with Gasteiger partial charge in [-0.2, -0.15) is 0 Å². The summed E-state index contributed by atoms with van der Waals surface area (Å²) in [6.45, 7) is 2.12. The molecular formula is C12H16N2O3S. The van der Waals surface area contributed by atoms with E-state index < -0.39 is 10.0 Å². The maximum Gasteiger partial charge on any atom is 0.242 e. The second kappa shape index (κ2) is 7.11. The zero-order valence-corrected chi connectivity index (χ0v) is 11.0. The molecule has 0 aliphatic carbocycles. The first-order valence-corrected chi connectivity index (χ1v) is 7.13. The molecule has 0 aliphatic heterocycles. The molecular weight excluding hydrogens is 252 g/mol. The summed E-state index contributed by atoms with van der Waals surface area (Å²) in [6, 6.07) is 1.43. The Morgan fingerprint density at radius 1 is 1.44 bits per heavy atom. The van der Waals surface area contributed by atoms with Crippen LogP contribution in [-0.4, -0.2) is 31.7 Å². The number of hydrogen-bond donors (Lipinski definition) is 2. The van der Waals surface area contributed by atoms with Gasteiger partial charge in [-0.15, -0.1) is 0 Å². The Labute approximate surface area is 107 Å². The molecule has 0 aromatic carbocycles. The highest BCUT2D eigenvalue weighted by Gasteiger charge is 2.13. The zero-order chi connectivity index (χ0) is 13.4. The van der Waals surface area contributed by atoms with Crippen molar-refractivity contribution >= 4 is 10.0 Å². The van der Waals surface area contributed by atoms with E-state index in [0.717, 1.165) is 12.8 Å². The zero-order valence-electron chi connectivity index (χ0n) is 10.2. The lowest BCUT2D eigenvalue weighted by Crippen LogP contribution is -2.24. The Kier molecular flexibility index (Phi) is 5.78. The van der Waals surface area contributed by atoms with Crippen molar-refractivity contribution < 1.29 is 13.5 Å². The highest BCUT2D eigenvalue weighted by Crippen LogP contribution is 2.08. The van der Waals surface area contributed by atoms with Crippen LogP contribution in [0, 0.1) is 11.8 Å². The molecule has 0 bridgehead atoms. The molecule has 0 atom stereocenters. The van der Waals surface area contributed by atoms with E-state index in [1.165, 1.54) is 18.5 Å². The molecule has 1 rings (SSSR count). The topological polar surface area (TPSA) is 79.3 Å². The molecule has 0 aliphatic rings. The first-order valence-electron chi connectivity index (χ1n) is 5.64. The van der Waals surface area contributed by atoms with Crippen LogP contribution in [0.2, 0.25) is 0 Å². The lowest BCUT2D eigenvalue weighted by molar-refractivity contribution is 0.350. The van der Waals surface area contributed by atoms with Crippen LogP contribution in [0.5, 0.6) is 0 Å². The average molecular weight is 268 g/mol. The van der Waals surface area contributed by atoms with Crippen LogP contribution in [0.15, 0.2) is 23.4 Å². The van der Waals surface area contributed by atoms with Gasteiger partial charge in [0.1, 0.15) is 11.5 Å². The molecule has 0 saturated heterocycles. The Morgan fingerprint density at radius 2 is 2.22 bits per heavy atom. The molecule has 0 unspecified atom stereocenters. The van der Waals surface area contributed by atoms with E-state index in [-0.39, 0.29) is 11.5 Å². The van der Waals surface area contributed by atoms with Gasteiger partial charge in [0.05, 0.1) is 0 Å². The number of aromatic nitrogens is 1. The van der Waals surface area contributed by atoms with E-state index in [1.807, 2.05) is 6.92 Å². The van der Waals surface area contributed by atoms with Crippen molar-refractivity contribution in [3.63, 3.8) is 0 Å². The molecule has 1 heterocycles. The van der Waals surface area contributed by atoms with Gasteiger partial charge >= 0.3 is 0 Å². The molecule has 1 aromatic rings. The van der Waals surface area contributed by atoms with Crippen LogP contribution in [0.1, 0.15) is 25.3 Å². The minimum absolute atomic E-state index is 0.0864.